The van der Waals surface area contributed by atoms with E-state index >= 15 is 0 Å². The van der Waals surface area contributed by atoms with Gasteiger partial charge in [-0.3, -0.25) is 0 Å². The largest absolute Gasteiger partial charge is 0.316 e. The van der Waals surface area contributed by atoms with Gasteiger partial charge in [-0.25, -0.2) is 5.01 Å². The summed E-state index contributed by atoms with van der Waals surface area (Å²) in [6, 6.07) is 0. The molecule has 94 valence electrons. The van der Waals surface area contributed by atoms with Gasteiger partial charge in [-0.1, -0.05) is 32.4 Å². The first kappa shape index (κ1) is 15.2. The molecule has 0 unspecified atom stereocenters. The molecular formula is C14H28N2. The SMILES string of the molecule is C/C=C\C(C)=C/N(C)N1CCCCC1.CC. The molecule has 0 aromatic rings. The average molecular weight is 224 g/mol. The molecule has 0 amide bonds. The van der Waals surface area contributed by atoms with Gasteiger partial charge in [-0.2, -0.15) is 0 Å². The van der Waals surface area contributed by atoms with Crippen molar-refractivity contribution in [1.29, 1.82) is 0 Å². The van der Waals surface area contributed by atoms with Crippen LogP contribution in [0.5, 0.6) is 0 Å². The molecule has 0 atom stereocenters. The summed E-state index contributed by atoms with van der Waals surface area (Å²) in [5.41, 5.74) is 1.31. The molecule has 1 saturated heterocycles. The maximum Gasteiger partial charge on any atom is 0.0228 e. The molecule has 1 rings (SSSR count). The first-order valence-corrected chi connectivity index (χ1v) is 6.53. The van der Waals surface area contributed by atoms with Crippen molar-refractivity contribution >= 4 is 0 Å². The van der Waals surface area contributed by atoms with Gasteiger partial charge in [0.1, 0.15) is 0 Å². The normalized spacial score (nSPS) is 18.2. The van der Waals surface area contributed by atoms with Crippen LogP contribution < -0.4 is 0 Å². The smallest absolute Gasteiger partial charge is 0.0228 e. The zero-order valence-corrected chi connectivity index (χ0v) is 11.7. The second-order valence-corrected chi connectivity index (χ2v) is 3.96. The Morgan fingerprint density at radius 3 is 2.19 bits per heavy atom. The molecule has 0 saturated carbocycles. The van der Waals surface area contributed by atoms with Crippen molar-refractivity contribution in [2.75, 3.05) is 20.1 Å². The van der Waals surface area contributed by atoms with Crippen molar-refractivity contribution in [3.63, 3.8) is 0 Å². The summed E-state index contributed by atoms with van der Waals surface area (Å²) in [5, 5.41) is 4.64. The molecule has 0 spiro atoms. The summed E-state index contributed by atoms with van der Waals surface area (Å²) in [7, 11) is 2.14. The monoisotopic (exact) mass is 224 g/mol. The Bertz CT molecular complexity index is 213. The zero-order valence-electron chi connectivity index (χ0n) is 11.7. The van der Waals surface area contributed by atoms with E-state index in [1.807, 2.05) is 13.8 Å². The van der Waals surface area contributed by atoms with Crippen molar-refractivity contribution in [2.45, 2.75) is 47.0 Å². The van der Waals surface area contributed by atoms with E-state index in [4.69, 9.17) is 0 Å². The highest BCUT2D eigenvalue weighted by molar-refractivity contribution is 5.14. The lowest BCUT2D eigenvalue weighted by Crippen LogP contribution is -2.40. The third-order valence-electron chi connectivity index (χ3n) is 2.60. The van der Waals surface area contributed by atoms with Crippen LogP contribution in [0.25, 0.3) is 0 Å². The van der Waals surface area contributed by atoms with Crippen LogP contribution in [0.3, 0.4) is 0 Å². The van der Waals surface area contributed by atoms with Gasteiger partial charge in [-0.15, -0.1) is 0 Å². The molecule has 2 heteroatoms. The van der Waals surface area contributed by atoms with Gasteiger partial charge >= 0.3 is 0 Å². The topological polar surface area (TPSA) is 6.48 Å². The standard InChI is InChI=1S/C12H22N2.C2H6/c1-4-8-12(2)11-13(3)14-9-6-5-7-10-14;1-2/h4,8,11H,5-7,9-10H2,1-3H3;1-2H3/b8-4-,12-11-;. The minimum atomic E-state index is 1.20. The lowest BCUT2D eigenvalue weighted by molar-refractivity contribution is 0.0267. The van der Waals surface area contributed by atoms with Crippen LogP contribution in [-0.4, -0.2) is 30.2 Å². The minimum Gasteiger partial charge on any atom is -0.316 e. The van der Waals surface area contributed by atoms with Crippen molar-refractivity contribution in [3.8, 4) is 0 Å². The fourth-order valence-electron chi connectivity index (χ4n) is 1.87. The fraction of sp³-hybridized carbons (Fsp3) is 0.714. The maximum atomic E-state index is 2.41. The molecule has 16 heavy (non-hydrogen) atoms. The molecule has 0 aliphatic carbocycles. The Kier molecular flexibility index (Phi) is 9.02. The van der Waals surface area contributed by atoms with E-state index in [1.165, 1.54) is 37.9 Å². The predicted octanol–water partition coefficient (Wildman–Crippen LogP) is 3.83. The zero-order chi connectivity index (χ0) is 12.4. The van der Waals surface area contributed by atoms with E-state index < -0.39 is 0 Å². The average Bonchev–Trinajstić information content (AvgIpc) is 2.33. The van der Waals surface area contributed by atoms with Gasteiger partial charge in [-0.05, 0) is 32.3 Å². The van der Waals surface area contributed by atoms with Crippen molar-refractivity contribution in [2.24, 2.45) is 0 Å². The quantitative estimate of drug-likeness (QED) is 0.672. The van der Waals surface area contributed by atoms with Crippen LogP contribution in [0.4, 0.5) is 0 Å². The van der Waals surface area contributed by atoms with Crippen LogP contribution in [0.15, 0.2) is 23.9 Å². The number of piperidine rings is 1. The van der Waals surface area contributed by atoms with Gasteiger partial charge < -0.3 is 5.01 Å². The molecular weight excluding hydrogens is 196 g/mol. The number of rotatable bonds is 3. The fourth-order valence-corrected chi connectivity index (χ4v) is 1.87. The number of allylic oxidation sites excluding steroid dienone is 3. The highest BCUT2D eigenvalue weighted by Gasteiger charge is 2.11. The van der Waals surface area contributed by atoms with Crippen molar-refractivity contribution < 1.29 is 0 Å². The summed E-state index contributed by atoms with van der Waals surface area (Å²) in [5.74, 6) is 0. The first-order valence-electron chi connectivity index (χ1n) is 6.53. The number of hydrogen-bond acceptors (Lipinski definition) is 2. The van der Waals surface area contributed by atoms with Gasteiger partial charge in [0.25, 0.3) is 0 Å². The summed E-state index contributed by atoms with van der Waals surface area (Å²) >= 11 is 0. The third-order valence-corrected chi connectivity index (χ3v) is 2.60. The Labute approximate surface area is 102 Å². The maximum absolute atomic E-state index is 2.41. The van der Waals surface area contributed by atoms with Gasteiger partial charge in [0.05, 0.1) is 0 Å². The minimum absolute atomic E-state index is 1.20. The molecule has 0 radical (unpaired) electrons. The molecule has 1 fully saturated rings. The van der Waals surface area contributed by atoms with Crippen LogP contribution in [0.1, 0.15) is 47.0 Å². The van der Waals surface area contributed by atoms with Crippen LogP contribution >= 0.6 is 0 Å². The molecule has 2 nitrogen and oxygen atoms in total. The molecule has 1 aliphatic rings. The van der Waals surface area contributed by atoms with E-state index in [9.17, 15) is 0 Å². The van der Waals surface area contributed by atoms with Crippen molar-refractivity contribution in [3.05, 3.63) is 23.9 Å². The van der Waals surface area contributed by atoms with E-state index in [1.54, 1.807) is 0 Å². The van der Waals surface area contributed by atoms with Crippen LogP contribution in [0, 0.1) is 0 Å². The number of hydrazine groups is 1. The molecule has 0 bridgehead atoms. The molecule has 0 aromatic heterocycles. The summed E-state index contributed by atoms with van der Waals surface area (Å²) in [6.07, 6.45) is 10.5. The van der Waals surface area contributed by atoms with Gasteiger partial charge in [0.2, 0.25) is 0 Å². The molecule has 0 aromatic carbocycles. The molecule has 0 N–H and O–H groups in total. The summed E-state index contributed by atoms with van der Waals surface area (Å²) < 4.78 is 0. The highest BCUT2D eigenvalue weighted by atomic mass is 15.6. The lowest BCUT2D eigenvalue weighted by atomic mass is 10.2. The van der Waals surface area contributed by atoms with Crippen LogP contribution in [0.2, 0.25) is 0 Å². The Balaban J connectivity index is 0.00000106. The van der Waals surface area contributed by atoms with Gasteiger partial charge in [0, 0.05) is 26.3 Å². The number of hydrogen-bond donors (Lipinski definition) is 0. The number of nitrogens with zero attached hydrogens (tertiary/aromatic N) is 2. The Morgan fingerprint density at radius 1 is 1.12 bits per heavy atom. The molecule has 1 aliphatic heterocycles. The Morgan fingerprint density at radius 2 is 1.69 bits per heavy atom. The summed E-state index contributed by atoms with van der Waals surface area (Å²) in [6.45, 7) is 10.6. The van der Waals surface area contributed by atoms with Gasteiger partial charge in [0.15, 0.2) is 0 Å². The lowest BCUT2D eigenvalue weighted by Gasteiger charge is -2.34. The second kappa shape index (κ2) is 9.46. The van der Waals surface area contributed by atoms with E-state index in [0.717, 1.165) is 0 Å². The molecule has 1 heterocycles. The van der Waals surface area contributed by atoms with Crippen molar-refractivity contribution in [1.82, 2.24) is 10.0 Å². The highest BCUT2D eigenvalue weighted by Crippen LogP contribution is 2.11. The van der Waals surface area contributed by atoms with E-state index in [-0.39, 0.29) is 0 Å². The second-order valence-electron chi connectivity index (χ2n) is 3.96. The third kappa shape index (κ3) is 5.96. The van der Waals surface area contributed by atoms with E-state index in [0.29, 0.717) is 0 Å². The van der Waals surface area contributed by atoms with E-state index in [2.05, 4.69) is 49.3 Å². The predicted molar refractivity (Wildman–Crippen MR) is 73.1 cm³/mol. The Hall–Kier alpha value is -0.760. The first-order chi connectivity index (χ1) is 7.74. The summed E-state index contributed by atoms with van der Waals surface area (Å²) in [4.78, 5) is 0. The van der Waals surface area contributed by atoms with Crippen LogP contribution in [-0.2, 0) is 0 Å².